The number of pyridine rings is 1. The molecule has 26 heavy (non-hydrogen) atoms. The molecule has 2 heterocycles. The zero-order valence-corrected chi connectivity index (χ0v) is 15.3. The Morgan fingerprint density at radius 1 is 1.15 bits per heavy atom. The first-order valence-corrected chi connectivity index (χ1v) is 8.32. The highest BCUT2D eigenvalue weighted by molar-refractivity contribution is 5.63. The summed E-state index contributed by atoms with van der Waals surface area (Å²) in [5, 5.41) is 16.5. The Kier molecular flexibility index (Phi) is 4.63. The number of hydrogen-bond acceptors (Lipinski definition) is 5. The summed E-state index contributed by atoms with van der Waals surface area (Å²) >= 11 is 0. The van der Waals surface area contributed by atoms with E-state index >= 15 is 0 Å². The fourth-order valence-corrected chi connectivity index (χ4v) is 2.62. The molecule has 0 bridgehead atoms. The third-order valence-electron chi connectivity index (χ3n) is 3.93. The van der Waals surface area contributed by atoms with Crippen LogP contribution in [0.15, 0.2) is 48.7 Å². The van der Waals surface area contributed by atoms with Gasteiger partial charge in [0.05, 0.1) is 0 Å². The molecular weight excluding hydrogens is 326 g/mol. The molecule has 6 nitrogen and oxygen atoms in total. The molecule has 0 saturated heterocycles. The summed E-state index contributed by atoms with van der Waals surface area (Å²) < 4.78 is 7.65. The van der Waals surface area contributed by atoms with Crippen LogP contribution in [0.2, 0.25) is 0 Å². The highest BCUT2D eigenvalue weighted by Crippen LogP contribution is 2.36. The molecular formula is C20H21N5O. The van der Waals surface area contributed by atoms with Crippen molar-refractivity contribution < 1.29 is 4.74 Å². The van der Waals surface area contributed by atoms with E-state index < -0.39 is 0 Å². The van der Waals surface area contributed by atoms with Crippen LogP contribution in [0, 0.1) is 11.3 Å². The molecule has 2 aromatic heterocycles. The van der Waals surface area contributed by atoms with Gasteiger partial charge in [0.2, 0.25) is 5.88 Å². The summed E-state index contributed by atoms with van der Waals surface area (Å²) in [4.78, 5) is 4.36. The summed E-state index contributed by atoms with van der Waals surface area (Å²) in [6.45, 7) is 6.43. The Labute approximate surface area is 153 Å². The van der Waals surface area contributed by atoms with Crippen molar-refractivity contribution in [1.82, 2.24) is 14.8 Å². The van der Waals surface area contributed by atoms with Crippen LogP contribution >= 0.6 is 0 Å². The van der Waals surface area contributed by atoms with Gasteiger partial charge in [-0.05, 0) is 23.6 Å². The number of benzene rings is 1. The number of aryl methyl sites for hydroxylation is 1. The lowest BCUT2D eigenvalue weighted by Gasteiger charge is -2.22. The maximum atomic E-state index is 9.08. The molecule has 0 aliphatic heterocycles. The number of nitrogens with zero attached hydrogens (tertiary/aromatic N) is 4. The molecule has 0 radical (unpaired) electrons. The highest BCUT2D eigenvalue weighted by atomic mass is 16.5. The molecule has 0 amide bonds. The molecule has 3 rings (SSSR count). The number of aromatic nitrogens is 3. The second-order valence-electron chi connectivity index (χ2n) is 6.98. The van der Waals surface area contributed by atoms with Crippen LogP contribution in [0.1, 0.15) is 32.0 Å². The second-order valence-corrected chi connectivity index (χ2v) is 6.98. The smallest absolute Gasteiger partial charge is 0.243 e. The lowest BCUT2D eigenvalue weighted by atomic mass is 9.86. The number of para-hydroxylation sites is 1. The molecule has 0 atom stereocenters. The highest BCUT2D eigenvalue weighted by Gasteiger charge is 2.20. The third-order valence-corrected chi connectivity index (χ3v) is 3.93. The monoisotopic (exact) mass is 347 g/mol. The van der Waals surface area contributed by atoms with E-state index in [0.717, 1.165) is 11.3 Å². The van der Waals surface area contributed by atoms with Gasteiger partial charge >= 0.3 is 0 Å². The normalized spacial score (nSPS) is 11.0. The van der Waals surface area contributed by atoms with E-state index in [4.69, 9.17) is 10.00 Å². The summed E-state index contributed by atoms with van der Waals surface area (Å²) in [5.74, 6) is 1.78. The Bertz CT molecular complexity index is 963. The number of anilines is 2. The maximum absolute atomic E-state index is 9.08. The number of rotatable bonds is 4. The first kappa shape index (κ1) is 17.5. The standard InChI is InChI=1S/C20H21N5O/c1-20(2,3)15-8-5-6-10-17(15)26-19-16(9-7-11-22-19)23-18-12-14(13-21)25(4)24-18/h5-12H,1-4H3,(H,23,24). The first-order valence-electron chi connectivity index (χ1n) is 8.32. The Morgan fingerprint density at radius 2 is 1.92 bits per heavy atom. The van der Waals surface area contributed by atoms with Crippen molar-refractivity contribution >= 4 is 11.5 Å². The Hall–Kier alpha value is -3.33. The van der Waals surface area contributed by atoms with Crippen LogP contribution < -0.4 is 10.1 Å². The van der Waals surface area contributed by atoms with Crippen molar-refractivity contribution in [2.45, 2.75) is 26.2 Å². The van der Waals surface area contributed by atoms with E-state index in [9.17, 15) is 0 Å². The fourth-order valence-electron chi connectivity index (χ4n) is 2.62. The zero-order chi connectivity index (χ0) is 18.7. The predicted molar refractivity (Wildman–Crippen MR) is 101 cm³/mol. The lowest BCUT2D eigenvalue weighted by Crippen LogP contribution is -2.12. The number of ether oxygens (including phenoxy) is 1. The van der Waals surface area contributed by atoms with Gasteiger partial charge in [0, 0.05) is 24.9 Å². The maximum Gasteiger partial charge on any atom is 0.243 e. The lowest BCUT2D eigenvalue weighted by molar-refractivity contribution is 0.442. The van der Waals surface area contributed by atoms with Crippen molar-refractivity contribution in [3.63, 3.8) is 0 Å². The van der Waals surface area contributed by atoms with Crippen LogP contribution in [0.4, 0.5) is 11.5 Å². The fraction of sp³-hybridized carbons (Fsp3) is 0.250. The molecule has 0 fully saturated rings. The Morgan fingerprint density at radius 3 is 2.62 bits per heavy atom. The van der Waals surface area contributed by atoms with E-state index in [2.05, 4.69) is 48.3 Å². The van der Waals surface area contributed by atoms with Gasteiger partial charge in [-0.25, -0.2) is 4.98 Å². The van der Waals surface area contributed by atoms with Gasteiger partial charge in [0.15, 0.2) is 5.82 Å². The third kappa shape index (κ3) is 3.67. The molecule has 0 unspecified atom stereocenters. The van der Waals surface area contributed by atoms with Crippen molar-refractivity contribution in [3.8, 4) is 17.7 Å². The molecule has 0 aliphatic carbocycles. The second kappa shape index (κ2) is 6.89. The summed E-state index contributed by atoms with van der Waals surface area (Å²) in [5.41, 5.74) is 2.19. The number of hydrogen-bond donors (Lipinski definition) is 1. The molecule has 0 spiro atoms. The minimum absolute atomic E-state index is 0.0539. The molecule has 132 valence electrons. The van der Waals surface area contributed by atoms with Gasteiger partial charge in [0.25, 0.3) is 0 Å². The van der Waals surface area contributed by atoms with Gasteiger partial charge in [0.1, 0.15) is 23.2 Å². The quantitative estimate of drug-likeness (QED) is 0.751. The number of nitriles is 1. The average Bonchev–Trinajstić information content (AvgIpc) is 2.95. The van der Waals surface area contributed by atoms with Gasteiger partial charge in [-0.3, -0.25) is 4.68 Å². The van der Waals surface area contributed by atoms with Crippen LogP contribution in [0.25, 0.3) is 0 Å². The van der Waals surface area contributed by atoms with Crippen molar-refractivity contribution in [2.24, 2.45) is 7.05 Å². The van der Waals surface area contributed by atoms with Gasteiger partial charge in [-0.15, -0.1) is 0 Å². The summed E-state index contributed by atoms with van der Waals surface area (Å²) in [6.07, 6.45) is 1.68. The summed E-state index contributed by atoms with van der Waals surface area (Å²) in [6, 6.07) is 15.4. The predicted octanol–water partition coefficient (Wildman–Crippen LogP) is 4.52. The molecule has 1 aromatic carbocycles. The molecule has 1 N–H and O–H groups in total. The van der Waals surface area contributed by atoms with Gasteiger partial charge < -0.3 is 10.1 Å². The van der Waals surface area contributed by atoms with Gasteiger partial charge in [-0.1, -0.05) is 39.0 Å². The molecule has 3 aromatic rings. The molecule has 0 saturated carbocycles. The van der Waals surface area contributed by atoms with Crippen molar-refractivity contribution in [1.29, 1.82) is 5.26 Å². The molecule has 6 heteroatoms. The number of nitrogens with one attached hydrogen (secondary N) is 1. The Balaban J connectivity index is 1.92. The van der Waals surface area contributed by atoms with Crippen molar-refractivity contribution in [3.05, 3.63) is 59.9 Å². The average molecular weight is 347 g/mol. The van der Waals surface area contributed by atoms with E-state index in [1.54, 1.807) is 19.3 Å². The minimum atomic E-state index is -0.0539. The minimum Gasteiger partial charge on any atom is -0.437 e. The van der Waals surface area contributed by atoms with E-state index in [-0.39, 0.29) is 5.41 Å². The van der Waals surface area contributed by atoms with Crippen LogP contribution in [-0.4, -0.2) is 14.8 Å². The van der Waals surface area contributed by atoms with E-state index in [1.165, 1.54) is 4.68 Å². The zero-order valence-electron chi connectivity index (χ0n) is 15.3. The topological polar surface area (TPSA) is 75.8 Å². The van der Waals surface area contributed by atoms with Crippen LogP contribution in [-0.2, 0) is 12.5 Å². The van der Waals surface area contributed by atoms with Gasteiger partial charge in [-0.2, -0.15) is 10.4 Å². The molecule has 0 aliphatic rings. The van der Waals surface area contributed by atoms with Crippen LogP contribution in [0.5, 0.6) is 11.6 Å². The largest absolute Gasteiger partial charge is 0.437 e. The van der Waals surface area contributed by atoms with Crippen molar-refractivity contribution in [2.75, 3.05) is 5.32 Å². The van der Waals surface area contributed by atoms with E-state index in [1.807, 2.05) is 30.3 Å². The summed E-state index contributed by atoms with van der Waals surface area (Å²) in [7, 11) is 1.73. The van der Waals surface area contributed by atoms with E-state index in [0.29, 0.717) is 23.1 Å². The SMILES string of the molecule is Cn1nc(Nc2cccnc2Oc2ccccc2C(C)(C)C)cc1C#N. The van der Waals surface area contributed by atoms with Crippen LogP contribution in [0.3, 0.4) is 0 Å². The first-order chi connectivity index (χ1) is 12.4.